The molecule has 0 unspecified atom stereocenters. The zero-order valence-electron chi connectivity index (χ0n) is 16.1. The third kappa shape index (κ3) is 6.58. The highest BCUT2D eigenvalue weighted by Gasteiger charge is 2.13. The number of nitrogens with zero attached hydrogens (tertiary/aromatic N) is 2. The molecule has 0 saturated heterocycles. The fraction of sp³-hybridized carbons (Fsp3) is 0.650. The molecule has 2 N–H and O–H groups in total. The van der Waals surface area contributed by atoms with Crippen molar-refractivity contribution in [2.45, 2.75) is 45.6 Å². The number of benzene rings is 1. The monoisotopic (exact) mass is 346 g/mol. The van der Waals surface area contributed by atoms with Gasteiger partial charge in [0.1, 0.15) is 0 Å². The van der Waals surface area contributed by atoms with E-state index in [9.17, 15) is 0 Å². The lowest BCUT2D eigenvalue weighted by Gasteiger charge is -2.28. The lowest BCUT2D eigenvalue weighted by atomic mass is 9.99. The van der Waals surface area contributed by atoms with Crippen molar-refractivity contribution in [1.82, 2.24) is 10.6 Å². The summed E-state index contributed by atoms with van der Waals surface area (Å²) < 4.78 is 5.58. The van der Waals surface area contributed by atoms with Crippen molar-refractivity contribution in [3.8, 4) is 0 Å². The molecule has 1 aromatic carbocycles. The number of guanidine groups is 1. The highest BCUT2D eigenvalue weighted by Crippen LogP contribution is 2.26. The summed E-state index contributed by atoms with van der Waals surface area (Å²) in [5, 5.41) is 6.75. The minimum Gasteiger partial charge on any atom is -0.381 e. The van der Waals surface area contributed by atoms with Crippen LogP contribution in [0, 0.1) is 0 Å². The van der Waals surface area contributed by atoms with Crippen LogP contribution in [0.1, 0.15) is 43.7 Å². The van der Waals surface area contributed by atoms with Crippen LogP contribution >= 0.6 is 0 Å². The maximum absolute atomic E-state index is 5.58. The molecule has 5 heteroatoms. The summed E-state index contributed by atoms with van der Waals surface area (Å²) in [7, 11) is 3.99. The van der Waals surface area contributed by atoms with E-state index >= 15 is 0 Å². The van der Waals surface area contributed by atoms with Gasteiger partial charge < -0.3 is 20.3 Å². The molecule has 140 valence electrons. The zero-order chi connectivity index (χ0) is 17.9. The van der Waals surface area contributed by atoms with Crippen molar-refractivity contribution in [2.75, 3.05) is 45.3 Å². The number of aliphatic imine (C=N–C) groups is 1. The molecule has 1 heterocycles. The fourth-order valence-corrected chi connectivity index (χ4v) is 3.08. The highest BCUT2D eigenvalue weighted by atomic mass is 16.5. The molecule has 1 aliphatic heterocycles. The van der Waals surface area contributed by atoms with Crippen LogP contribution in [0.2, 0.25) is 0 Å². The molecule has 0 aromatic heterocycles. The minimum atomic E-state index is 0.795. The lowest BCUT2D eigenvalue weighted by molar-refractivity contribution is 0.129. The Labute approximate surface area is 152 Å². The number of aryl methyl sites for hydroxylation is 1. The predicted octanol–water partition coefficient (Wildman–Crippen LogP) is 2.94. The standard InChI is InChI=1S/C20H34N4O/c1-4-5-13-25-14-7-11-22-20(21-2)23-16-17-9-10-19-18(15-17)8-6-12-24(19)3/h9-10,15H,4-8,11-14,16H2,1-3H3,(H2,21,22,23). The number of hydrogen-bond donors (Lipinski definition) is 2. The predicted molar refractivity (Wildman–Crippen MR) is 107 cm³/mol. The van der Waals surface area contributed by atoms with Crippen LogP contribution in [0.25, 0.3) is 0 Å². The summed E-state index contributed by atoms with van der Waals surface area (Å²) in [5.41, 5.74) is 4.14. The van der Waals surface area contributed by atoms with Gasteiger partial charge in [0.25, 0.3) is 0 Å². The van der Waals surface area contributed by atoms with Crippen LogP contribution in [-0.2, 0) is 17.7 Å². The topological polar surface area (TPSA) is 48.9 Å². The number of hydrogen-bond acceptors (Lipinski definition) is 3. The second kappa shape index (κ2) is 11.0. The van der Waals surface area contributed by atoms with Crippen molar-refractivity contribution in [3.05, 3.63) is 29.3 Å². The molecule has 0 atom stereocenters. The third-order valence-electron chi connectivity index (χ3n) is 4.58. The Bertz CT molecular complexity index is 544. The van der Waals surface area contributed by atoms with Gasteiger partial charge in [0.15, 0.2) is 5.96 Å². The van der Waals surface area contributed by atoms with Crippen LogP contribution in [0.5, 0.6) is 0 Å². The first-order valence-corrected chi connectivity index (χ1v) is 9.59. The maximum atomic E-state index is 5.58. The molecule has 0 saturated carbocycles. The van der Waals surface area contributed by atoms with Crippen LogP contribution in [0.3, 0.4) is 0 Å². The molecule has 0 aliphatic carbocycles. The molecule has 1 aliphatic rings. The van der Waals surface area contributed by atoms with E-state index in [1.807, 2.05) is 7.05 Å². The Morgan fingerprint density at radius 2 is 2.08 bits per heavy atom. The van der Waals surface area contributed by atoms with Crippen molar-refractivity contribution in [3.63, 3.8) is 0 Å². The Balaban J connectivity index is 1.70. The summed E-state index contributed by atoms with van der Waals surface area (Å²) in [5.74, 6) is 0.850. The van der Waals surface area contributed by atoms with Gasteiger partial charge in [-0.15, -0.1) is 0 Å². The quantitative estimate of drug-likeness (QED) is 0.410. The van der Waals surface area contributed by atoms with Crippen LogP contribution in [0.4, 0.5) is 5.69 Å². The van der Waals surface area contributed by atoms with E-state index in [0.29, 0.717) is 0 Å². The van der Waals surface area contributed by atoms with E-state index in [1.54, 1.807) is 0 Å². The number of anilines is 1. The smallest absolute Gasteiger partial charge is 0.191 e. The van der Waals surface area contributed by atoms with Crippen LogP contribution < -0.4 is 15.5 Å². The first kappa shape index (κ1) is 19.6. The molecule has 5 nitrogen and oxygen atoms in total. The number of unbranched alkanes of at least 4 members (excludes halogenated alkanes) is 1. The van der Waals surface area contributed by atoms with Crippen molar-refractivity contribution in [1.29, 1.82) is 0 Å². The molecule has 25 heavy (non-hydrogen) atoms. The van der Waals surface area contributed by atoms with E-state index in [4.69, 9.17) is 4.74 Å². The van der Waals surface area contributed by atoms with Gasteiger partial charge >= 0.3 is 0 Å². The molecule has 0 spiro atoms. The molecular weight excluding hydrogens is 312 g/mol. The van der Waals surface area contributed by atoms with Crippen molar-refractivity contribution >= 4 is 11.6 Å². The fourth-order valence-electron chi connectivity index (χ4n) is 3.08. The first-order chi connectivity index (χ1) is 12.2. The molecule has 0 radical (unpaired) electrons. The molecule has 2 rings (SSSR count). The van der Waals surface area contributed by atoms with Crippen molar-refractivity contribution in [2.24, 2.45) is 4.99 Å². The Morgan fingerprint density at radius 3 is 2.88 bits per heavy atom. The van der Waals surface area contributed by atoms with Gasteiger partial charge in [-0.2, -0.15) is 0 Å². The van der Waals surface area contributed by atoms with Gasteiger partial charge in [-0.05, 0) is 42.9 Å². The maximum Gasteiger partial charge on any atom is 0.191 e. The average molecular weight is 347 g/mol. The van der Waals surface area contributed by atoms with Gasteiger partial charge in [-0.3, -0.25) is 4.99 Å². The first-order valence-electron chi connectivity index (χ1n) is 9.59. The number of rotatable bonds is 9. The Hall–Kier alpha value is -1.75. The van der Waals surface area contributed by atoms with Crippen LogP contribution in [0.15, 0.2) is 23.2 Å². The van der Waals surface area contributed by atoms with Gasteiger partial charge in [-0.25, -0.2) is 0 Å². The number of ether oxygens (including phenoxy) is 1. The van der Waals surface area contributed by atoms with Crippen molar-refractivity contribution < 1.29 is 4.74 Å². The number of nitrogens with one attached hydrogen (secondary N) is 2. The summed E-state index contributed by atoms with van der Waals surface area (Å²) in [6.07, 6.45) is 5.75. The van der Waals surface area contributed by atoms with E-state index < -0.39 is 0 Å². The largest absolute Gasteiger partial charge is 0.381 e. The number of fused-ring (bicyclic) bond motifs is 1. The summed E-state index contributed by atoms with van der Waals surface area (Å²) in [6.45, 7) is 6.69. The summed E-state index contributed by atoms with van der Waals surface area (Å²) >= 11 is 0. The molecular formula is C20H34N4O. The summed E-state index contributed by atoms with van der Waals surface area (Å²) in [6, 6.07) is 6.78. The average Bonchev–Trinajstić information content (AvgIpc) is 2.63. The normalized spacial score (nSPS) is 14.4. The van der Waals surface area contributed by atoms with Gasteiger partial charge in [0, 0.05) is 52.6 Å². The summed E-state index contributed by atoms with van der Waals surface area (Å²) in [4.78, 5) is 6.64. The lowest BCUT2D eigenvalue weighted by Crippen LogP contribution is -2.37. The molecule has 0 amide bonds. The zero-order valence-corrected chi connectivity index (χ0v) is 16.1. The van der Waals surface area contributed by atoms with E-state index in [-0.39, 0.29) is 0 Å². The van der Waals surface area contributed by atoms with Gasteiger partial charge in [-0.1, -0.05) is 25.5 Å². The minimum absolute atomic E-state index is 0.795. The molecule has 0 fully saturated rings. The second-order valence-corrected chi connectivity index (χ2v) is 6.66. The van der Waals surface area contributed by atoms with Gasteiger partial charge in [0.2, 0.25) is 0 Å². The van der Waals surface area contributed by atoms with Crippen LogP contribution in [-0.4, -0.2) is 46.4 Å². The SMILES string of the molecule is CCCCOCCCNC(=NC)NCc1ccc2c(c1)CCCN2C. The second-order valence-electron chi connectivity index (χ2n) is 6.66. The molecule has 0 bridgehead atoms. The Morgan fingerprint density at radius 1 is 1.24 bits per heavy atom. The van der Waals surface area contributed by atoms with E-state index in [1.165, 1.54) is 36.1 Å². The van der Waals surface area contributed by atoms with Gasteiger partial charge in [0.05, 0.1) is 0 Å². The third-order valence-corrected chi connectivity index (χ3v) is 4.58. The highest BCUT2D eigenvalue weighted by molar-refractivity contribution is 5.79. The van der Waals surface area contributed by atoms with E-state index in [2.05, 4.69) is 52.7 Å². The molecule has 1 aromatic rings. The Kier molecular flexibility index (Phi) is 8.60. The van der Waals surface area contributed by atoms with E-state index in [0.717, 1.165) is 51.6 Å².